The molecule has 0 spiro atoms. The summed E-state index contributed by atoms with van der Waals surface area (Å²) in [6.07, 6.45) is -0.578. The van der Waals surface area contributed by atoms with E-state index >= 15 is 0 Å². The first-order valence-corrected chi connectivity index (χ1v) is 5.42. The highest BCUT2D eigenvalue weighted by molar-refractivity contribution is 6.07. The summed E-state index contributed by atoms with van der Waals surface area (Å²) in [4.78, 5) is 11.7. The number of aryl methyl sites for hydroxylation is 1. The van der Waals surface area contributed by atoms with E-state index in [1.54, 1.807) is 19.1 Å². The van der Waals surface area contributed by atoms with Gasteiger partial charge in [-0.1, -0.05) is 17.3 Å². The van der Waals surface area contributed by atoms with Crippen molar-refractivity contribution >= 4 is 17.4 Å². The molecule has 1 aromatic carbocycles. The van der Waals surface area contributed by atoms with Crippen molar-refractivity contribution in [1.82, 2.24) is 0 Å². The van der Waals surface area contributed by atoms with Gasteiger partial charge in [-0.05, 0) is 25.5 Å². The van der Waals surface area contributed by atoms with E-state index in [0.717, 1.165) is 5.56 Å². The smallest absolute Gasteiger partial charge is 0.253 e. The van der Waals surface area contributed by atoms with Gasteiger partial charge in [0.2, 0.25) is 0 Å². The van der Waals surface area contributed by atoms with E-state index in [2.05, 4.69) is 10.5 Å². The molecule has 0 aliphatic carbocycles. The maximum atomic E-state index is 11.7. The highest BCUT2D eigenvalue weighted by Gasteiger charge is 2.16. The van der Waals surface area contributed by atoms with Crippen LogP contribution >= 0.6 is 0 Å². The number of hydrogen-bond donors (Lipinski definition) is 3. The van der Waals surface area contributed by atoms with Gasteiger partial charge in [-0.25, -0.2) is 0 Å². The number of amides is 1. The Labute approximate surface area is 105 Å². The fourth-order valence-electron chi connectivity index (χ4n) is 1.50. The summed E-state index contributed by atoms with van der Waals surface area (Å²) in [6, 6.07) is 5.26. The maximum absolute atomic E-state index is 11.7. The number of methoxy groups -OCH3 is 1. The number of benzene rings is 1. The third-order valence-electron chi connectivity index (χ3n) is 2.62. The Balaban J connectivity index is 3.10. The molecular formula is C12H17N3O3. The molecule has 0 saturated heterocycles. The van der Waals surface area contributed by atoms with Crippen LogP contribution in [0.15, 0.2) is 23.4 Å². The highest BCUT2D eigenvalue weighted by atomic mass is 16.5. The van der Waals surface area contributed by atoms with E-state index in [0.29, 0.717) is 11.3 Å². The molecule has 0 radical (unpaired) electrons. The molecule has 1 aromatic rings. The number of nitrogens with zero attached hydrogens (tertiary/aromatic N) is 1. The molecule has 0 saturated carbocycles. The number of anilines is 1. The van der Waals surface area contributed by atoms with Crippen LogP contribution in [0.5, 0.6) is 0 Å². The largest absolute Gasteiger partial charge is 0.409 e. The van der Waals surface area contributed by atoms with Crippen molar-refractivity contribution < 1.29 is 14.7 Å². The lowest BCUT2D eigenvalue weighted by atomic mass is 10.1. The first-order chi connectivity index (χ1) is 8.51. The predicted octanol–water partition coefficient (Wildman–Crippen LogP) is 1.06. The van der Waals surface area contributed by atoms with Crippen LogP contribution in [-0.4, -0.2) is 30.2 Å². The van der Waals surface area contributed by atoms with Gasteiger partial charge in [0.05, 0.1) is 5.69 Å². The number of nitrogens with one attached hydrogen (secondary N) is 1. The average Bonchev–Trinajstić information content (AvgIpc) is 2.37. The Kier molecular flexibility index (Phi) is 4.67. The fraction of sp³-hybridized carbons (Fsp3) is 0.333. The number of oxime groups is 1. The Hall–Kier alpha value is -2.08. The number of rotatable bonds is 4. The molecule has 1 rings (SSSR count). The number of carbonyl (C=O) groups is 1. The minimum Gasteiger partial charge on any atom is -0.409 e. The van der Waals surface area contributed by atoms with Gasteiger partial charge < -0.3 is 21.0 Å². The summed E-state index contributed by atoms with van der Waals surface area (Å²) in [5.41, 5.74) is 7.38. The van der Waals surface area contributed by atoms with E-state index in [-0.39, 0.29) is 11.7 Å². The number of amidine groups is 1. The van der Waals surface area contributed by atoms with E-state index in [1.165, 1.54) is 7.11 Å². The molecule has 18 heavy (non-hydrogen) atoms. The zero-order valence-corrected chi connectivity index (χ0v) is 10.6. The lowest BCUT2D eigenvalue weighted by Gasteiger charge is -2.14. The van der Waals surface area contributed by atoms with Gasteiger partial charge in [0.1, 0.15) is 6.10 Å². The summed E-state index contributed by atoms with van der Waals surface area (Å²) in [6.45, 7) is 3.44. The minimum atomic E-state index is -0.578. The zero-order valence-electron chi connectivity index (χ0n) is 10.6. The molecule has 0 aliphatic heterocycles. The van der Waals surface area contributed by atoms with Crippen molar-refractivity contribution in [3.05, 3.63) is 29.3 Å². The van der Waals surface area contributed by atoms with Crippen LogP contribution in [0.1, 0.15) is 18.1 Å². The van der Waals surface area contributed by atoms with E-state index in [1.807, 2.05) is 13.0 Å². The topological polar surface area (TPSA) is 96.9 Å². The van der Waals surface area contributed by atoms with Crippen molar-refractivity contribution in [3.63, 3.8) is 0 Å². The molecule has 6 nitrogen and oxygen atoms in total. The Morgan fingerprint density at radius 1 is 1.56 bits per heavy atom. The molecule has 98 valence electrons. The van der Waals surface area contributed by atoms with Crippen LogP contribution in [0.2, 0.25) is 0 Å². The van der Waals surface area contributed by atoms with Crippen molar-refractivity contribution in [3.8, 4) is 0 Å². The molecule has 1 amide bonds. The van der Waals surface area contributed by atoms with Crippen molar-refractivity contribution in [2.75, 3.05) is 12.4 Å². The standard InChI is InChI=1S/C12H17N3O3/c1-7-5-4-6-9(10(7)11(13)15-17)14-12(16)8(2)18-3/h4-6,8,17H,1-3H3,(H2,13,15)(H,14,16). The Morgan fingerprint density at radius 2 is 2.22 bits per heavy atom. The first-order valence-electron chi connectivity index (χ1n) is 5.42. The molecular weight excluding hydrogens is 234 g/mol. The summed E-state index contributed by atoms with van der Waals surface area (Å²) >= 11 is 0. The van der Waals surface area contributed by atoms with Gasteiger partial charge in [0, 0.05) is 12.7 Å². The van der Waals surface area contributed by atoms with Crippen LogP contribution in [0, 0.1) is 6.92 Å². The molecule has 4 N–H and O–H groups in total. The molecule has 1 atom stereocenters. The number of ether oxygens (including phenoxy) is 1. The van der Waals surface area contributed by atoms with Crippen molar-refractivity contribution in [2.45, 2.75) is 20.0 Å². The molecule has 1 unspecified atom stereocenters. The molecule has 0 aromatic heterocycles. The number of carbonyl (C=O) groups excluding carboxylic acids is 1. The average molecular weight is 251 g/mol. The quantitative estimate of drug-likeness (QED) is 0.322. The monoisotopic (exact) mass is 251 g/mol. The van der Waals surface area contributed by atoms with E-state index in [9.17, 15) is 4.79 Å². The van der Waals surface area contributed by atoms with Gasteiger partial charge in [-0.15, -0.1) is 0 Å². The van der Waals surface area contributed by atoms with Crippen molar-refractivity contribution in [2.24, 2.45) is 10.9 Å². The first kappa shape index (κ1) is 14.0. The summed E-state index contributed by atoms with van der Waals surface area (Å²) in [5, 5.41) is 14.4. The van der Waals surface area contributed by atoms with Crippen LogP contribution < -0.4 is 11.1 Å². The van der Waals surface area contributed by atoms with Crippen LogP contribution in [0.25, 0.3) is 0 Å². The van der Waals surface area contributed by atoms with Crippen LogP contribution in [0.4, 0.5) is 5.69 Å². The fourth-order valence-corrected chi connectivity index (χ4v) is 1.50. The predicted molar refractivity (Wildman–Crippen MR) is 68.8 cm³/mol. The third-order valence-corrected chi connectivity index (χ3v) is 2.62. The third kappa shape index (κ3) is 2.98. The zero-order chi connectivity index (χ0) is 13.7. The molecule has 0 fully saturated rings. The van der Waals surface area contributed by atoms with Gasteiger partial charge in [-0.3, -0.25) is 4.79 Å². The second kappa shape index (κ2) is 6.02. The van der Waals surface area contributed by atoms with Gasteiger partial charge in [0.15, 0.2) is 5.84 Å². The van der Waals surface area contributed by atoms with Crippen molar-refractivity contribution in [1.29, 1.82) is 0 Å². The Bertz CT molecular complexity index is 472. The van der Waals surface area contributed by atoms with Gasteiger partial charge >= 0.3 is 0 Å². The number of nitrogens with two attached hydrogens (primary N) is 1. The number of hydrogen-bond acceptors (Lipinski definition) is 4. The SMILES string of the molecule is COC(C)C(=O)Nc1cccc(C)c1/C(N)=N/O. The normalized spacial score (nSPS) is 13.2. The highest BCUT2D eigenvalue weighted by Crippen LogP contribution is 2.19. The second-order valence-electron chi connectivity index (χ2n) is 3.85. The summed E-state index contributed by atoms with van der Waals surface area (Å²) in [7, 11) is 1.45. The van der Waals surface area contributed by atoms with E-state index < -0.39 is 6.10 Å². The summed E-state index contributed by atoms with van der Waals surface area (Å²) < 4.78 is 4.92. The molecule has 0 bridgehead atoms. The minimum absolute atomic E-state index is 0.0477. The van der Waals surface area contributed by atoms with Crippen LogP contribution in [0.3, 0.4) is 0 Å². The molecule has 0 aliphatic rings. The molecule has 6 heteroatoms. The Morgan fingerprint density at radius 3 is 2.78 bits per heavy atom. The van der Waals surface area contributed by atoms with Crippen LogP contribution in [-0.2, 0) is 9.53 Å². The van der Waals surface area contributed by atoms with Gasteiger partial charge in [0.25, 0.3) is 5.91 Å². The van der Waals surface area contributed by atoms with Gasteiger partial charge in [-0.2, -0.15) is 0 Å². The summed E-state index contributed by atoms with van der Waals surface area (Å²) in [5.74, 6) is -0.344. The van der Waals surface area contributed by atoms with E-state index in [4.69, 9.17) is 15.7 Å². The maximum Gasteiger partial charge on any atom is 0.253 e. The lowest BCUT2D eigenvalue weighted by Crippen LogP contribution is -2.28. The molecule has 0 heterocycles. The second-order valence-corrected chi connectivity index (χ2v) is 3.85. The lowest BCUT2D eigenvalue weighted by molar-refractivity contribution is -0.124.